The van der Waals surface area contributed by atoms with Crippen molar-refractivity contribution in [3.05, 3.63) is 108 Å². The molecule has 0 N–H and O–H groups in total. The number of carbonyl (C=O) groups is 1. The van der Waals surface area contributed by atoms with Crippen molar-refractivity contribution >= 4 is 17.2 Å². The average Bonchev–Trinajstić information content (AvgIpc) is 3.02. The van der Waals surface area contributed by atoms with Crippen LogP contribution in [-0.2, 0) is 0 Å². The van der Waals surface area contributed by atoms with E-state index < -0.39 is 0 Å². The van der Waals surface area contributed by atoms with Crippen molar-refractivity contribution < 1.29 is 4.79 Å². The van der Waals surface area contributed by atoms with Gasteiger partial charge in [-0.3, -0.25) is 4.79 Å². The molecule has 4 aromatic rings. The molecule has 0 aliphatic rings. The van der Waals surface area contributed by atoms with Crippen molar-refractivity contribution in [3.63, 3.8) is 0 Å². The number of nitrogens with zero attached hydrogens (tertiary/aromatic N) is 1. The first-order valence-electron chi connectivity index (χ1n) is 8.03. The summed E-state index contributed by atoms with van der Waals surface area (Å²) in [5.74, 6) is 0. The molecular weight excluding hydrogens is 294 g/mol. The second-order valence-corrected chi connectivity index (χ2v) is 5.84. The average molecular weight is 311 g/mol. The molecule has 0 saturated heterocycles. The van der Waals surface area contributed by atoms with E-state index in [1.165, 1.54) is 0 Å². The third-order valence-corrected chi connectivity index (χ3v) is 4.39. The smallest absolute Gasteiger partial charge is 0.166 e. The summed E-state index contributed by atoms with van der Waals surface area (Å²) < 4.78 is 2.13. The zero-order valence-corrected chi connectivity index (χ0v) is 13.2. The van der Waals surface area contributed by atoms with Crippen molar-refractivity contribution in [2.75, 3.05) is 0 Å². The Morgan fingerprint density at radius 2 is 1.25 bits per heavy atom. The van der Waals surface area contributed by atoms with Crippen LogP contribution in [0, 0.1) is 0 Å². The van der Waals surface area contributed by atoms with Gasteiger partial charge >= 0.3 is 0 Å². The Hall–Kier alpha value is -3.13. The van der Waals surface area contributed by atoms with Crippen LogP contribution in [0.1, 0.15) is 27.7 Å². The highest BCUT2D eigenvalue weighted by Crippen LogP contribution is 2.32. The lowest BCUT2D eigenvalue weighted by molar-refractivity contribution is 0.111. The second-order valence-electron chi connectivity index (χ2n) is 5.84. The van der Waals surface area contributed by atoms with Gasteiger partial charge < -0.3 is 4.57 Å². The molecule has 0 unspecified atom stereocenters. The minimum atomic E-state index is -0.0347. The van der Waals surface area contributed by atoms with Crippen LogP contribution in [0.5, 0.6) is 0 Å². The van der Waals surface area contributed by atoms with Crippen LogP contribution in [0.25, 0.3) is 10.9 Å². The number of carbonyl (C=O) groups excluding carboxylic acids is 1. The Morgan fingerprint density at radius 1 is 0.708 bits per heavy atom. The summed E-state index contributed by atoms with van der Waals surface area (Å²) in [7, 11) is 0. The molecule has 3 aromatic carbocycles. The Balaban J connectivity index is 2.03. The maximum absolute atomic E-state index is 11.7. The zero-order chi connectivity index (χ0) is 16.4. The first-order valence-corrected chi connectivity index (χ1v) is 8.03. The Bertz CT molecular complexity index is 931. The van der Waals surface area contributed by atoms with Crippen molar-refractivity contribution in [2.24, 2.45) is 0 Å². The number of para-hydroxylation sites is 1. The SMILES string of the molecule is O=Cc1cc2ccccc2n1C(c1ccccc1)c1ccccc1. The molecular formula is C22H17NO. The van der Waals surface area contributed by atoms with Crippen LogP contribution < -0.4 is 0 Å². The first kappa shape index (κ1) is 14.5. The number of rotatable bonds is 4. The summed E-state index contributed by atoms with van der Waals surface area (Å²) in [6, 6.07) is 30.7. The highest BCUT2D eigenvalue weighted by atomic mass is 16.1. The van der Waals surface area contributed by atoms with Gasteiger partial charge in [-0.05, 0) is 23.3 Å². The van der Waals surface area contributed by atoms with E-state index in [2.05, 4.69) is 34.9 Å². The third kappa shape index (κ3) is 2.42. The van der Waals surface area contributed by atoms with Crippen LogP contribution in [-0.4, -0.2) is 10.9 Å². The molecule has 2 heteroatoms. The second kappa shape index (κ2) is 6.17. The summed E-state index contributed by atoms with van der Waals surface area (Å²) in [6.07, 6.45) is 0.943. The molecule has 0 aliphatic carbocycles. The van der Waals surface area contributed by atoms with Crippen molar-refractivity contribution in [2.45, 2.75) is 6.04 Å². The molecule has 2 nitrogen and oxygen atoms in total. The van der Waals surface area contributed by atoms with Gasteiger partial charge in [0.2, 0.25) is 0 Å². The predicted molar refractivity (Wildman–Crippen MR) is 97.5 cm³/mol. The lowest BCUT2D eigenvalue weighted by Gasteiger charge is -2.23. The van der Waals surface area contributed by atoms with Gasteiger partial charge in [-0.1, -0.05) is 78.9 Å². The number of hydrogen-bond acceptors (Lipinski definition) is 1. The van der Waals surface area contributed by atoms with Gasteiger partial charge in [-0.25, -0.2) is 0 Å². The maximum atomic E-state index is 11.7. The lowest BCUT2D eigenvalue weighted by Crippen LogP contribution is -2.14. The van der Waals surface area contributed by atoms with Gasteiger partial charge in [0, 0.05) is 10.9 Å². The molecule has 0 amide bonds. The fourth-order valence-corrected chi connectivity index (χ4v) is 3.34. The molecule has 0 saturated carbocycles. The summed E-state index contributed by atoms with van der Waals surface area (Å²) in [5, 5.41) is 1.08. The zero-order valence-electron chi connectivity index (χ0n) is 13.2. The van der Waals surface area contributed by atoms with Gasteiger partial charge in [0.1, 0.15) is 0 Å². The van der Waals surface area contributed by atoms with Gasteiger partial charge in [0.15, 0.2) is 6.29 Å². The molecule has 24 heavy (non-hydrogen) atoms. The maximum Gasteiger partial charge on any atom is 0.166 e. The van der Waals surface area contributed by atoms with Gasteiger partial charge in [-0.2, -0.15) is 0 Å². The number of fused-ring (bicyclic) bond motifs is 1. The Morgan fingerprint density at radius 3 is 1.83 bits per heavy atom. The van der Waals surface area contributed by atoms with Crippen LogP contribution in [0.2, 0.25) is 0 Å². The summed E-state index contributed by atoms with van der Waals surface area (Å²) in [5.41, 5.74) is 4.08. The molecule has 1 heterocycles. The standard InChI is InChI=1S/C22H17NO/c24-16-20-15-19-13-7-8-14-21(19)23(20)22(17-9-3-1-4-10-17)18-11-5-2-6-12-18/h1-16,22H. The Labute approximate surface area is 141 Å². The van der Waals surface area contributed by atoms with E-state index in [-0.39, 0.29) is 6.04 Å². The van der Waals surface area contributed by atoms with E-state index in [0.29, 0.717) is 5.69 Å². The van der Waals surface area contributed by atoms with Crippen LogP contribution >= 0.6 is 0 Å². The van der Waals surface area contributed by atoms with Crippen LogP contribution in [0.3, 0.4) is 0 Å². The number of hydrogen-bond donors (Lipinski definition) is 0. The number of aldehydes is 1. The molecule has 4 rings (SSSR count). The summed E-state index contributed by atoms with van der Waals surface area (Å²) in [6.45, 7) is 0. The molecule has 0 aliphatic heterocycles. The van der Waals surface area contributed by atoms with Crippen LogP contribution in [0.15, 0.2) is 91.0 Å². The van der Waals surface area contributed by atoms with Crippen LogP contribution in [0.4, 0.5) is 0 Å². The van der Waals surface area contributed by atoms with E-state index in [1.807, 2.05) is 60.7 Å². The molecule has 0 radical (unpaired) electrons. The minimum Gasteiger partial charge on any atom is -0.327 e. The molecule has 116 valence electrons. The Kier molecular flexibility index (Phi) is 3.72. The quantitative estimate of drug-likeness (QED) is 0.481. The topological polar surface area (TPSA) is 22.0 Å². The molecule has 0 spiro atoms. The van der Waals surface area contributed by atoms with Gasteiger partial charge in [0.25, 0.3) is 0 Å². The van der Waals surface area contributed by atoms with E-state index in [4.69, 9.17) is 0 Å². The van der Waals surface area contributed by atoms with Gasteiger partial charge in [-0.15, -0.1) is 0 Å². The molecule has 0 bridgehead atoms. The normalized spacial score (nSPS) is 11.0. The highest BCUT2D eigenvalue weighted by molar-refractivity contribution is 5.89. The van der Waals surface area contributed by atoms with Crippen molar-refractivity contribution in [1.82, 2.24) is 4.57 Å². The molecule has 1 aromatic heterocycles. The highest BCUT2D eigenvalue weighted by Gasteiger charge is 2.20. The van der Waals surface area contributed by atoms with E-state index in [1.54, 1.807) is 0 Å². The summed E-state index contributed by atoms with van der Waals surface area (Å²) >= 11 is 0. The summed E-state index contributed by atoms with van der Waals surface area (Å²) in [4.78, 5) is 11.7. The fraction of sp³-hybridized carbons (Fsp3) is 0.0455. The number of aromatic nitrogens is 1. The third-order valence-electron chi connectivity index (χ3n) is 4.39. The molecule has 0 atom stereocenters. The minimum absolute atomic E-state index is 0.0347. The largest absolute Gasteiger partial charge is 0.327 e. The fourth-order valence-electron chi connectivity index (χ4n) is 3.34. The monoisotopic (exact) mass is 311 g/mol. The van der Waals surface area contributed by atoms with Gasteiger partial charge in [0.05, 0.1) is 11.7 Å². The van der Waals surface area contributed by atoms with E-state index >= 15 is 0 Å². The first-order chi connectivity index (χ1) is 11.9. The molecule has 0 fully saturated rings. The van der Waals surface area contributed by atoms with Crippen molar-refractivity contribution in [3.8, 4) is 0 Å². The van der Waals surface area contributed by atoms with Crippen molar-refractivity contribution in [1.29, 1.82) is 0 Å². The predicted octanol–water partition coefficient (Wildman–Crippen LogP) is 5.09. The lowest BCUT2D eigenvalue weighted by atomic mass is 9.98. The van der Waals surface area contributed by atoms with E-state index in [9.17, 15) is 4.79 Å². The number of benzene rings is 3. The van der Waals surface area contributed by atoms with E-state index in [0.717, 1.165) is 28.3 Å².